The maximum Gasteiger partial charge on any atom is 0.798 e. The molecule has 132 valence electrons. The largest absolute Gasteiger partial charge is 0.798 e. The smallest absolute Gasteiger partial charge is 0.414 e. The molecule has 0 aromatic rings. The molecule has 0 aromatic heterocycles. The minimum Gasteiger partial charge on any atom is -0.414 e. The molecule has 0 saturated carbocycles. The normalized spacial score (nSPS) is 28.0. The van der Waals surface area contributed by atoms with Crippen molar-refractivity contribution in [3.8, 4) is 0 Å². The number of carbonyl (C=O) groups is 1. The second-order valence-electron chi connectivity index (χ2n) is 8.03. The van der Waals surface area contributed by atoms with Gasteiger partial charge in [-0.25, -0.2) is 0 Å². The van der Waals surface area contributed by atoms with Crippen LogP contribution in [0.2, 0.25) is 0 Å². The number of ether oxygens (including phenoxy) is 1. The van der Waals surface area contributed by atoms with Gasteiger partial charge in [0.05, 0.1) is 22.9 Å². The van der Waals surface area contributed by atoms with E-state index in [0.717, 1.165) is 0 Å². The molecule has 1 saturated heterocycles. The summed E-state index contributed by atoms with van der Waals surface area (Å²) in [5, 5.41) is 23.4. The van der Waals surface area contributed by atoms with Gasteiger partial charge in [-0.3, -0.25) is 0 Å². The van der Waals surface area contributed by atoms with Crippen LogP contribution in [0.4, 0.5) is 4.79 Å². The van der Waals surface area contributed by atoms with Crippen LogP contribution >= 0.6 is 0 Å². The van der Waals surface area contributed by atoms with Crippen LogP contribution in [-0.2, 0) is 14.0 Å². The standard InChI is InChI=1S/C14H25B2N2O6/c1-12(2,3)22-11(19)18(16(20)21)9-10(8-17-18)15-23-13(4,5)14(6,7)24-15/h8-9,20-21H,1-7H3/q+1. The van der Waals surface area contributed by atoms with Crippen molar-refractivity contribution < 1.29 is 33.4 Å². The van der Waals surface area contributed by atoms with Crippen LogP contribution in [-0.4, -0.2) is 58.0 Å². The molecule has 2 rings (SSSR count). The van der Waals surface area contributed by atoms with Crippen molar-refractivity contribution in [2.45, 2.75) is 65.3 Å². The van der Waals surface area contributed by atoms with Gasteiger partial charge in [-0.1, -0.05) is 9.60 Å². The summed E-state index contributed by atoms with van der Waals surface area (Å²) < 4.78 is 15.9. The van der Waals surface area contributed by atoms with Gasteiger partial charge in [0.2, 0.25) is 0 Å². The molecule has 10 heteroatoms. The molecule has 24 heavy (non-hydrogen) atoms. The molecule has 2 heterocycles. The van der Waals surface area contributed by atoms with Crippen molar-refractivity contribution in [1.82, 2.24) is 0 Å². The van der Waals surface area contributed by atoms with E-state index < -0.39 is 41.8 Å². The van der Waals surface area contributed by atoms with Crippen LogP contribution < -0.4 is 0 Å². The van der Waals surface area contributed by atoms with Gasteiger partial charge >= 0.3 is 20.5 Å². The van der Waals surface area contributed by atoms with Crippen LogP contribution in [0.25, 0.3) is 0 Å². The van der Waals surface area contributed by atoms with Gasteiger partial charge in [0.25, 0.3) is 0 Å². The van der Waals surface area contributed by atoms with Crippen LogP contribution in [0, 0.1) is 0 Å². The summed E-state index contributed by atoms with van der Waals surface area (Å²) in [5.41, 5.74) is -1.50. The molecule has 0 aromatic carbocycles. The molecule has 2 aliphatic heterocycles. The van der Waals surface area contributed by atoms with E-state index in [9.17, 15) is 14.8 Å². The molecular weight excluding hydrogens is 314 g/mol. The van der Waals surface area contributed by atoms with Crippen LogP contribution in [0.1, 0.15) is 48.5 Å². The molecule has 0 bridgehead atoms. The summed E-state index contributed by atoms with van der Waals surface area (Å²) in [5.74, 6) is 0. The van der Waals surface area contributed by atoms with Gasteiger partial charge in [-0.2, -0.15) is 4.79 Å². The van der Waals surface area contributed by atoms with E-state index in [1.165, 1.54) is 12.4 Å². The van der Waals surface area contributed by atoms with Crippen molar-refractivity contribution >= 4 is 26.7 Å². The van der Waals surface area contributed by atoms with E-state index in [0.29, 0.717) is 5.47 Å². The molecule has 2 N–H and O–H groups in total. The fraction of sp³-hybridized carbons (Fsp3) is 0.714. The number of nitrogens with zero attached hydrogens (tertiary/aromatic N) is 2. The second kappa shape index (κ2) is 5.67. The quantitative estimate of drug-likeness (QED) is 0.735. The molecule has 1 amide bonds. The topological polar surface area (TPSA) is 97.6 Å². The van der Waals surface area contributed by atoms with Gasteiger partial charge < -0.3 is 24.1 Å². The van der Waals surface area contributed by atoms with Crippen LogP contribution in [0.5, 0.6) is 0 Å². The first kappa shape index (κ1) is 19.1. The number of amides is 1. The minimum atomic E-state index is -2.10. The Morgan fingerprint density at radius 1 is 1.25 bits per heavy atom. The number of allylic oxidation sites excluding steroid dienone is 1. The van der Waals surface area contributed by atoms with E-state index in [-0.39, 0.29) is 0 Å². The lowest BCUT2D eigenvalue weighted by Gasteiger charge is -2.32. The predicted octanol–water partition coefficient (Wildman–Crippen LogP) is 1.22. The zero-order valence-electron chi connectivity index (χ0n) is 15.2. The highest BCUT2D eigenvalue weighted by molar-refractivity contribution is 6.60. The Bertz CT molecular complexity index is 581. The molecule has 8 nitrogen and oxygen atoms in total. The molecule has 1 fully saturated rings. The number of rotatable bonds is 2. The Hall–Kier alpha value is -1.19. The van der Waals surface area contributed by atoms with E-state index >= 15 is 0 Å². The summed E-state index contributed by atoms with van der Waals surface area (Å²) in [6.45, 7) is 12.7. The second-order valence-corrected chi connectivity index (χ2v) is 8.03. The van der Waals surface area contributed by atoms with Crippen molar-refractivity contribution in [2.75, 3.05) is 0 Å². The summed E-state index contributed by atoms with van der Waals surface area (Å²) in [6.07, 6.45) is 1.71. The zero-order valence-corrected chi connectivity index (χ0v) is 15.2. The summed E-state index contributed by atoms with van der Waals surface area (Å²) in [4.78, 5) is 12.4. The van der Waals surface area contributed by atoms with E-state index in [1.807, 2.05) is 27.7 Å². The first-order valence-electron chi connectivity index (χ1n) is 7.82. The number of carbonyl (C=O) groups excluding carboxylic acids is 1. The monoisotopic (exact) mass is 339 g/mol. The van der Waals surface area contributed by atoms with Crippen molar-refractivity contribution in [3.05, 3.63) is 11.7 Å². The maximum atomic E-state index is 12.4. The SMILES string of the molecule is CC(C)(C)OC(=O)[N+]1(B(O)O)C=C(B2OC(C)(C)C(C)(C)O2)C=N1. The highest BCUT2D eigenvalue weighted by Gasteiger charge is 2.59. The fourth-order valence-corrected chi connectivity index (χ4v) is 2.21. The molecule has 2 aliphatic rings. The van der Waals surface area contributed by atoms with E-state index in [4.69, 9.17) is 14.0 Å². The fourth-order valence-electron chi connectivity index (χ4n) is 2.21. The van der Waals surface area contributed by atoms with Gasteiger partial charge in [-0.15, -0.1) is 0 Å². The number of quaternary nitrogens is 1. The van der Waals surface area contributed by atoms with Gasteiger partial charge in [0.1, 0.15) is 11.8 Å². The molecule has 0 spiro atoms. The lowest BCUT2D eigenvalue weighted by Crippen LogP contribution is -2.55. The third-order valence-electron chi connectivity index (χ3n) is 4.31. The zero-order chi connectivity index (χ0) is 18.6. The van der Waals surface area contributed by atoms with Gasteiger partial charge in [-0.05, 0) is 48.5 Å². The van der Waals surface area contributed by atoms with E-state index in [2.05, 4.69) is 5.10 Å². The average molecular weight is 339 g/mol. The van der Waals surface area contributed by atoms with Crippen molar-refractivity contribution in [3.63, 3.8) is 0 Å². The van der Waals surface area contributed by atoms with Crippen LogP contribution in [0.15, 0.2) is 16.8 Å². The Balaban J connectivity index is 2.30. The Morgan fingerprint density at radius 3 is 2.17 bits per heavy atom. The lowest BCUT2D eigenvalue weighted by molar-refractivity contribution is -0.718. The van der Waals surface area contributed by atoms with Crippen molar-refractivity contribution in [1.29, 1.82) is 0 Å². The van der Waals surface area contributed by atoms with Gasteiger partial charge in [0.15, 0.2) is 0 Å². The Kier molecular flexibility index (Phi) is 4.52. The Morgan fingerprint density at radius 2 is 1.75 bits per heavy atom. The minimum absolute atomic E-state index is 0.424. The number of hydrogen-bond acceptors (Lipinski definition) is 7. The average Bonchev–Trinajstić information content (AvgIpc) is 2.88. The first-order chi connectivity index (χ1) is 10.7. The van der Waals surface area contributed by atoms with Gasteiger partial charge in [0, 0.05) is 0 Å². The van der Waals surface area contributed by atoms with E-state index in [1.54, 1.807) is 20.8 Å². The molecule has 1 atom stereocenters. The predicted molar refractivity (Wildman–Crippen MR) is 89.3 cm³/mol. The van der Waals surface area contributed by atoms with Crippen molar-refractivity contribution in [2.24, 2.45) is 5.10 Å². The molecular formula is C14H25B2N2O6+. The summed E-state index contributed by atoms with van der Waals surface area (Å²) in [6, 6.07) is 0. The lowest BCUT2D eigenvalue weighted by atomic mass is 9.79. The Labute approximate surface area is 143 Å². The maximum absolute atomic E-state index is 12.4. The number of hydrogen-bond donors (Lipinski definition) is 2. The molecule has 0 radical (unpaired) electrons. The summed E-state index contributed by atoms with van der Waals surface area (Å²) in [7, 11) is -2.86. The molecule has 1 unspecified atom stereocenters. The first-order valence-corrected chi connectivity index (χ1v) is 7.82. The van der Waals surface area contributed by atoms with Crippen LogP contribution in [0.3, 0.4) is 0 Å². The summed E-state index contributed by atoms with van der Waals surface area (Å²) >= 11 is 0. The third kappa shape index (κ3) is 3.29. The molecule has 0 aliphatic carbocycles. The third-order valence-corrected chi connectivity index (χ3v) is 4.31. The highest BCUT2D eigenvalue weighted by atomic mass is 16.7. The highest BCUT2D eigenvalue weighted by Crippen LogP contribution is 2.39.